The van der Waals surface area contributed by atoms with Gasteiger partial charge in [-0.15, -0.1) is 0 Å². The van der Waals surface area contributed by atoms with Gasteiger partial charge in [0.1, 0.15) is 11.6 Å². The van der Waals surface area contributed by atoms with Gasteiger partial charge in [0.2, 0.25) is 0 Å². The van der Waals surface area contributed by atoms with E-state index in [1.165, 1.54) is 43.3 Å². The van der Waals surface area contributed by atoms with Crippen LogP contribution < -0.4 is 4.74 Å². The van der Waals surface area contributed by atoms with Crippen LogP contribution in [-0.2, 0) is 0 Å². The molecule has 0 aliphatic carbocycles. The van der Waals surface area contributed by atoms with Crippen LogP contribution >= 0.6 is 0 Å². The summed E-state index contributed by atoms with van der Waals surface area (Å²) in [7, 11) is 0. The maximum Gasteiger partial charge on any atom is 0.346 e. The van der Waals surface area contributed by atoms with Crippen molar-refractivity contribution < 1.29 is 18.8 Å². The molecule has 0 bridgehead atoms. The lowest BCUT2D eigenvalue weighted by atomic mass is 10.2. The van der Waals surface area contributed by atoms with Crippen molar-refractivity contribution >= 4 is 11.7 Å². The number of aryl methyl sites for hydroxylation is 1. The first-order valence-corrected chi connectivity index (χ1v) is 5.71. The largest absolute Gasteiger partial charge is 0.423 e. The number of halogens is 1. The number of benzene rings is 2. The van der Waals surface area contributed by atoms with Gasteiger partial charge in [-0.1, -0.05) is 12.1 Å². The number of rotatable bonds is 3. The van der Waals surface area contributed by atoms with E-state index in [9.17, 15) is 19.3 Å². The van der Waals surface area contributed by atoms with Gasteiger partial charge in [-0.2, -0.15) is 0 Å². The average Bonchev–Trinajstić information content (AvgIpc) is 2.38. The van der Waals surface area contributed by atoms with E-state index in [2.05, 4.69) is 0 Å². The average molecular weight is 275 g/mol. The molecule has 0 atom stereocenters. The second-order valence-electron chi connectivity index (χ2n) is 4.07. The second kappa shape index (κ2) is 5.48. The molecule has 0 fully saturated rings. The fourth-order valence-electron chi connectivity index (χ4n) is 1.69. The molecule has 0 N–H and O–H groups in total. The number of carbonyl (C=O) groups is 1. The Morgan fingerprint density at radius 1 is 1.25 bits per heavy atom. The number of nitro groups is 1. The van der Waals surface area contributed by atoms with Gasteiger partial charge in [0.25, 0.3) is 5.69 Å². The lowest BCUT2D eigenvalue weighted by molar-refractivity contribution is -0.385. The minimum atomic E-state index is -0.851. The van der Waals surface area contributed by atoms with Crippen molar-refractivity contribution in [2.75, 3.05) is 0 Å². The standard InChI is InChI=1S/C14H10FNO4/c1-9-8-10(6-7-13(9)16(18)19)20-14(17)11-4-2-3-5-12(11)15/h2-8H,1H3. The van der Waals surface area contributed by atoms with Crippen LogP contribution in [0.4, 0.5) is 10.1 Å². The topological polar surface area (TPSA) is 69.4 Å². The van der Waals surface area contributed by atoms with Crippen LogP contribution in [0.2, 0.25) is 0 Å². The predicted molar refractivity (Wildman–Crippen MR) is 69.2 cm³/mol. The molecule has 0 unspecified atom stereocenters. The Hall–Kier alpha value is -2.76. The van der Waals surface area contributed by atoms with E-state index < -0.39 is 16.7 Å². The molecule has 20 heavy (non-hydrogen) atoms. The number of nitrogens with zero attached hydrogens (tertiary/aromatic N) is 1. The van der Waals surface area contributed by atoms with Gasteiger partial charge in [-0.3, -0.25) is 10.1 Å². The predicted octanol–water partition coefficient (Wildman–Crippen LogP) is 3.26. The summed E-state index contributed by atoms with van der Waals surface area (Å²) in [4.78, 5) is 21.9. The Balaban J connectivity index is 2.23. The van der Waals surface area contributed by atoms with Crippen molar-refractivity contribution in [1.82, 2.24) is 0 Å². The van der Waals surface area contributed by atoms with Crippen molar-refractivity contribution in [3.63, 3.8) is 0 Å². The Morgan fingerprint density at radius 2 is 1.95 bits per heavy atom. The quantitative estimate of drug-likeness (QED) is 0.373. The highest BCUT2D eigenvalue weighted by Gasteiger charge is 2.15. The van der Waals surface area contributed by atoms with Gasteiger partial charge in [0, 0.05) is 11.6 Å². The maximum atomic E-state index is 13.4. The third kappa shape index (κ3) is 2.80. The van der Waals surface area contributed by atoms with Gasteiger partial charge in [-0.25, -0.2) is 9.18 Å². The first-order chi connectivity index (χ1) is 9.49. The zero-order chi connectivity index (χ0) is 14.7. The SMILES string of the molecule is Cc1cc(OC(=O)c2ccccc2F)ccc1[N+](=O)[O-]. The van der Waals surface area contributed by atoms with Crippen LogP contribution in [0.3, 0.4) is 0 Å². The van der Waals surface area contributed by atoms with Gasteiger partial charge < -0.3 is 4.74 Å². The summed E-state index contributed by atoms with van der Waals surface area (Å²) >= 11 is 0. The highest BCUT2D eigenvalue weighted by Crippen LogP contribution is 2.23. The van der Waals surface area contributed by atoms with Crippen molar-refractivity contribution in [3.05, 3.63) is 69.5 Å². The molecule has 102 valence electrons. The van der Waals surface area contributed by atoms with E-state index in [0.29, 0.717) is 5.56 Å². The summed E-state index contributed by atoms with van der Waals surface area (Å²) in [6.07, 6.45) is 0. The van der Waals surface area contributed by atoms with Gasteiger partial charge in [0.05, 0.1) is 10.5 Å². The van der Waals surface area contributed by atoms with Crippen molar-refractivity contribution in [2.45, 2.75) is 6.92 Å². The maximum absolute atomic E-state index is 13.4. The number of esters is 1. The number of hydrogen-bond acceptors (Lipinski definition) is 4. The van der Waals surface area contributed by atoms with Crippen LogP contribution in [0.1, 0.15) is 15.9 Å². The molecular formula is C14H10FNO4. The molecule has 2 rings (SSSR count). The number of nitro benzene ring substituents is 1. The molecule has 0 radical (unpaired) electrons. The smallest absolute Gasteiger partial charge is 0.346 e. The summed E-state index contributed by atoms with van der Waals surface area (Å²) in [6.45, 7) is 1.53. The van der Waals surface area contributed by atoms with E-state index in [1.807, 2.05) is 0 Å². The molecule has 0 saturated carbocycles. The number of carbonyl (C=O) groups excluding carboxylic acids is 1. The van der Waals surface area contributed by atoms with Crippen molar-refractivity contribution in [3.8, 4) is 5.75 Å². The van der Waals surface area contributed by atoms with Crippen LogP contribution in [0.5, 0.6) is 5.75 Å². The fraction of sp³-hybridized carbons (Fsp3) is 0.0714. The third-order valence-corrected chi connectivity index (χ3v) is 2.67. The first-order valence-electron chi connectivity index (χ1n) is 5.71. The molecule has 0 saturated heterocycles. The van der Waals surface area contributed by atoms with E-state index in [-0.39, 0.29) is 17.0 Å². The molecule has 6 heteroatoms. The highest BCUT2D eigenvalue weighted by molar-refractivity contribution is 5.91. The van der Waals surface area contributed by atoms with Crippen LogP contribution in [0.25, 0.3) is 0 Å². The van der Waals surface area contributed by atoms with E-state index in [1.54, 1.807) is 0 Å². The van der Waals surface area contributed by atoms with E-state index in [0.717, 1.165) is 6.07 Å². The number of ether oxygens (including phenoxy) is 1. The van der Waals surface area contributed by atoms with Gasteiger partial charge in [-0.05, 0) is 31.2 Å². The van der Waals surface area contributed by atoms with Gasteiger partial charge >= 0.3 is 5.97 Å². The molecule has 2 aromatic carbocycles. The Labute approximate surface area is 113 Å². The molecule has 5 nitrogen and oxygen atoms in total. The van der Waals surface area contributed by atoms with Crippen molar-refractivity contribution in [2.24, 2.45) is 0 Å². The van der Waals surface area contributed by atoms with Crippen LogP contribution in [0.15, 0.2) is 42.5 Å². The Kier molecular flexibility index (Phi) is 3.74. The molecular weight excluding hydrogens is 265 g/mol. The first kappa shape index (κ1) is 13.7. The zero-order valence-corrected chi connectivity index (χ0v) is 10.5. The summed E-state index contributed by atoms with van der Waals surface area (Å²) < 4.78 is 18.4. The monoisotopic (exact) mass is 275 g/mol. The molecule has 0 aromatic heterocycles. The lowest BCUT2D eigenvalue weighted by Gasteiger charge is -2.06. The van der Waals surface area contributed by atoms with E-state index >= 15 is 0 Å². The summed E-state index contributed by atoms with van der Waals surface area (Å²) in [5, 5.41) is 10.7. The molecule has 0 spiro atoms. The summed E-state index contributed by atoms with van der Waals surface area (Å²) in [5.41, 5.74) is 0.0908. The Morgan fingerprint density at radius 3 is 2.55 bits per heavy atom. The molecule has 0 heterocycles. The molecule has 0 aliphatic heterocycles. The molecule has 0 amide bonds. The minimum absolute atomic E-state index is 0.0734. The summed E-state index contributed by atoms with van der Waals surface area (Å²) in [6, 6.07) is 9.32. The van der Waals surface area contributed by atoms with Gasteiger partial charge in [0.15, 0.2) is 0 Å². The normalized spacial score (nSPS) is 10.1. The molecule has 0 aliphatic rings. The highest BCUT2D eigenvalue weighted by atomic mass is 19.1. The third-order valence-electron chi connectivity index (χ3n) is 2.67. The van der Waals surface area contributed by atoms with Crippen LogP contribution in [-0.4, -0.2) is 10.9 Å². The van der Waals surface area contributed by atoms with Crippen molar-refractivity contribution in [1.29, 1.82) is 0 Å². The lowest BCUT2D eigenvalue weighted by Crippen LogP contribution is -2.10. The Bertz CT molecular complexity index is 685. The number of hydrogen-bond donors (Lipinski definition) is 0. The summed E-state index contributed by atoms with van der Waals surface area (Å²) in [5.74, 6) is -1.41. The van der Waals surface area contributed by atoms with Crippen LogP contribution in [0, 0.1) is 22.9 Å². The van der Waals surface area contributed by atoms with E-state index in [4.69, 9.17) is 4.74 Å². The zero-order valence-electron chi connectivity index (χ0n) is 10.5. The minimum Gasteiger partial charge on any atom is -0.423 e. The second-order valence-corrected chi connectivity index (χ2v) is 4.07. The molecule has 2 aromatic rings. The fourth-order valence-corrected chi connectivity index (χ4v) is 1.69.